The number of furan rings is 1. The summed E-state index contributed by atoms with van der Waals surface area (Å²) < 4.78 is 21.8. The second-order valence-corrected chi connectivity index (χ2v) is 7.24. The molecule has 0 radical (unpaired) electrons. The number of aromatic nitrogens is 2. The van der Waals surface area contributed by atoms with E-state index in [1.54, 1.807) is 12.1 Å². The van der Waals surface area contributed by atoms with Crippen molar-refractivity contribution in [1.82, 2.24) is 10.2 Å². The number of hydrogen-bond acceptors (Lipinski definition) is 9. The fraction of sp³-hybridized carbons (Fsp3) is 0.333. The lowest BCUT2D eigenvalue weighted by molar-refractivity contribution is -0.384. The van der Waals surface area contributed by atoms with Crippen LogP contribution in [0, 0.1) is 17.0 Å². The van der Waals surface area contributed by atoms with Gasteiger partial charge in [-0.25, -0.2) is 0 Å². The first-order chi connectivity index (χ1) is 13.4. The molecule has 0 spiro atoms. The van der Waals surface area contributed by atoms with Gasteiger partial charge in [0, 0.05) is 37.2 Å². The van der Waals surface area contributed by atoms with Crippen molar-refractivity contribution in [1.29, 1.82) is 0 Å². The molecule has 10 heteroatoms. The Labute approximate surface area is 165 Å². The number of nitro benzene ring substituents is 1. The Bertz CT molecular complexity index is 966. The number of methoxy groups -OCH3 is 2. The summed E-state index contributed by atoms with van der Waals surface area (Å²) in [4.78, 5) is 10.5. The van der Waals surface area contributed by atoms with Crippen LogP contribution in [-0.4, -0.2) is 29.3 Å². The monoisotopic (exact) mass is 405 g/mol. The van der Waals surface area contributed by atoms with Gasteiger partial charge in [0.2, 0.25) is 6.29 Å². The standard InChI is InChI=1S/C18H19N3O6S/c1-10-8-14(17(24-3)25-4)26-15(10)16-19-20-18(27-16)28-11(2)12-6-5-7-13(9-12)21(22)23/h5-9,11,17H,1-4H3. The van der Waals surface area contributed by atoms with E-state index >= 15 is 0 Å². The summed E-state index contributed by atoms with van der Waals surface area (Å²) in [5.74, 6) is 1.18. The Morgan fingerprint density at radius 2 is 1.93 bits per heavy atom. The van der Waals surface area contributed by atoms with Crippen molar-refractivity contribution in [2.45, 2.75) is 30.6 Å². The summed E-state index contributed by atoms with van der Waals surface area (Å²) in [6.45, 7) is 3.76. The van der Waals surface area contributed by atoms with Crippen LogP contribution in [0.3, 0.4) is 0 Å². The van der Waals surface area contributed by atoms with E-state index in [1.165, 1.54) is 38.1 Å². The normalized spacial score (nSPS) is 12.5. The molecular formula is C18H19N3O6S. The SMILES string of the molecule is COC(OC)c1cc(C)c(-c2nnc(SC(C)c3cccc([N+](=O)[O-])c3)o2)o1. The molecule has 148 valence electrons. The molecule has 2 aromatic heterocycles. The fourth-order valence-electron chi connectivity index (χ4n) is 2.62. The summed E-state index contributed by atoms with van der Waals surface area (Å²) in [7, 11) is 3.03. The van der Waals surface area contributed by atoms with Crippen LogP contribution in [0.1, 0.15) is 35.4 Å². The van der Waals surface area contributed by atoms with Gasteiger partial charge in [-0.3, -0.25) is 10.1 Å². The Morgan fingerprint density at radius 3 is 2.61 bits per heavy atom. The molecule has 1 atom stereocenters. The lowest BCUT2D eigenvalue weighted by Crippen LogP contribution is -2.01. The Hall–Kier alpha value is -2.69. The molecule has 0 aliphatic carbocycles. The number of non-ortho nitro benzene ring substituents is 1. The van der Waals surface area contributed by atoms with Crippen molar-refractivity contribution < 1.29 is 23.2 Å². The molecule has 0 aliphatic heterocycles. The molecule has 3 aromatic rings. The Morgan fingerprint density at radius 1 is 1.18 bits per heavy atom. The predicted octanol–water partition coefficient (Wildman–Crippen LogP) is 4.69. The van der Waals surface area contributed by atoms with Gasteiger partial charge < -0.3 is 18.3 Å². The highest BCUT2D eigenvalue weighted by molar-refractivity contribution is 7.99. The zero-order valence-electron chi connectivity index (χ0n) is 15.7. The molecule has 1 unspecified atom stereocenters. The van der Waals surface area contributed by atoms with E-state index in [9.17, 15) is 10.1 Å². The molecule has 0 N–H and O–H groups in total. The minimum absolute atomic E-state index is 0.0424. The van der Waals surface area contributed by atoms with Gasteiger partial charge in [-0.2, -0.15) is 0 Å². The number of nitro groups is 1. The van der Waals surface area contributed by atoms with Gasteiger partial charge >= 0.3 is 0 Å². The summed E-state index contributed by atoms with van der Waals surface area (Å²) >= 11 is 1.31. The molecule has 28 heavy (non-hydrogen) atoms. The van der Waals surface area contributed by atoms with Gasteiger partial charge in [-0.1, -0.05) is 23.9 Å². The predicted molar refractivity (Wildman–Crippen MR) is 101 cm³/mol. The molecule has 0 saturated heterocycles. The highest BCUT2D eigenvalue weighted by Gasteiger charge is 2.22. The molecule has 9 nitrogen and oxygen atoms in total. The van der Waals surface area contributed by atoms with Gasteiger partial charge in [-0.15, -0.1) is 10.2 Å². The second-order valence-electron chi connectivity index (χ2n) is 5.95. The molecule has 0 saturated carbocycles. The number of ether oxygens (including phenoxy) is 2. The maximum absolute atomic E-state index is 10.9. The summed E-state index contributed by atoms with van der Waals surface area (Å²) in [5, 5.41) is 19.3. The topological polar surface area (TPSA) is 114 Å². The van der Waals surface area contributed by atoms with E-state index in [4.69, 9.17) is 18.3 Å². The average Bonchev–Trinajstić information content (AvgIpc) is 3.29. The molecule has 0 bridgehead atoms. The Kier molecular flexibility index (Phi) is 6.12. The van der Waals surface area contributed by atoms with E-state index in [1.807, 2.05) is 19.9 Å². The van der Waals surface area contributed by atoms with E-state index in [2.05, 4.69) is 10.2 Å². The zero-order valence-corrected chi connectivity index (χ0v) is 16.6. The molecule has 0 aliphatic rings. The van der Waals surface area contributed by atoms with Crippen molar-refractivity contribution in [3.8, 4) is 11.7 Å². The van der Waals surface area contributed by atoms with Gasteiger partial charge in [0.25, 0.3) is 16.8 Å². The van der Waals surface area contributed by atoms with Crippen LogP contribution in [0.2, 0.25) is 0 Å². The van der Waals surface area contributed by atoms with E-state index in [0.717, 1.165) is 11.1 Å². The van der Waals surface area contributed by atoms with Crippen molar-refractivity contribution in [2.24, 2.45) is 0 Å². The van der Waals surface area contributed by atoms with Crippen molar-refractivity contribution >= 4 is 17.4 Å². The van der Waals surface area contributed by atoms with Crippen molar-refractivity contribution in [3.63, 3.8) is 0 Å². The van der Waals surface area contributed by atoms with E-state index in [0.29, 0.717) is 16.7 Å². The van der Waals surface area contributed by atoms with E-state index < -0.39 is 11.2 Å². The fourth-order valence-corrected chi connectivity index (χ4v) is 3.42. The first kappa shape index (κ1) is 20.1. The first-order valence-electron chi connectivity index (χ1n) is 8.33. The van der Waals surface area contributed by atoms with Crippen molar-refractivity contribution in [2.75, 3.05) is 14.2 Å². The smallest absolute Gasteiger partial charge is 0.284 e. The van der Waals surface area contributed by atoms with Gasteiger partial charge in [-0.05, 0) is 25.5 Å². The van der Waals surface area contributed by atoms with Gasteiger partial charge in [0.15, 0.2) is 11.5 Å². The molecule has 0 fully saturated rings. The van der Waals surface area contributed by atoms with E-state index in [-0.39, 0.29) is 16.8 Å². The molecular weight excluding hydrogens is 386 g/mol. The summed E-state index contributed by atoms with van der Waals surface area (Å²) in [5.41, 5.74) is 1.64. The average molecular weight is 405 g/mol. The minimum atomic E-state index is -0.627. The van der Waals surface area contributed by atoms with Crippen LogP contribution >= 0.6 is 11.8 Å². The molecule has 2 heterocycles. The third-order valence-corrected chi connectivity index (χ3v) is 5.02. The van der Waals surface area contributed by atoms with Crippen LogP contribution < -0.4 is 0 Å². The maximum Gasteiger partial charge on any atom is 0.284 e. The van der Waals surface area contributed by atoms with Gasteiger partial charge in [0.05, 0.1) is 4.92 Å². The lowest BCUT2D eigenvalue weighted by Gasteiger charge is -2.09. The minimum Gasteiger partial charge on any atom is -0.450 e. The van der Waals surface area contributed by atoms with Gasteiger partial charge in [0.1, 0.15) is 0 Å². The lowest BCUT2D eigenvalue weighted by atomic mass is 10.1. The highest BCUT2D eigenvalue weighted by atomic mass is 32.2. The number of rotatable bonds is 8. The number of thioether (sulfide) groups is 1. The summed E-state index contributed by atoms with van der Waals surface area (Å²) in [6.07, 6.45) is -0.627. The van der Waals surface area contributed by atoms with Crippen LogP contribution in [0.4, 0.5) is 5.69 Å². The third-order valence-electron chi connectivity index (χ3n) is 4.03. The van der Waals surface area contributed by atoms with Crippen LogP contribution in [0.25, 0.3) is 11.7 Å². The largest absolute Gasteiger partial charge is 0.450 e. The van der Waals surface area contributed by atoms with Crippen LogP contribution in [0.5, 0.6) is 0 Å². The molecule has 1 aromatic carbocycles. The highest BCUT2D eigenvalue weighted by Crippen LogP contribution is 2.37. The second kappa shape index (κ2) is 8.55. The maximum atomic E-state index is 10.9. The zero-order chi connectivity index (χ0) is 20.3. The number of aryl methyl sites for hydroxylation is 1. The third kappa shape index (κ3) is 4.24. The number of benzene rings is 1. The Balaban J connectivity index is 1.77. The quantitative estimate of drug-likeness (QED) is 0.228. The van der Waals surface area contributed by atoms with Crippen molar-refractivity contribution in [3.05, 3.63) is 57.3 Å². The molecule has 3 rings (SSSR count). The number of hydrogen-bond donors (Lipinski definition) is 0. The van der Waals surface area contributed by atoms with Crippen LogP contribution in [0.15, 0.2) is 44.4 Å². The number of nitrogens with zero attached hydrogens (tertiary/aromatic N) is 3. The first-order valence-corrected chi connectivity index (χ1v) is 9.21. The van der Waals surface area contributed by atoms with Crippen LogP contribution in [-0.2, 0) is 9.47 Å². The molecule has 0 amide bonds. The summed E-state index contributed by atoms with van der Waals surface area (Å²) in [6, 6.07) is 8.25.